The summed E-state index contributed by atoms with van der Waals surface area (Å²) in [6.07, 6.45) is 4.58. The number of benzene rings is 1. The van der Waals surface area contributed by atoms with Crippen LogP contribution in [0.1, 0.15) is 36.3 Å². The summed E-state index contributed by atoms with van der Waals surface area (Å²) in [5.74, 6) is 0.487. The van der Waals surface area contributed by atoms with Gasteiger partial charge in [-0.3, -0.25) is 4.79 Å². The molecule has 3 unspecified atom stereocenters. The molecule has 0 saturated carbocycles. The van der Waals surface area contributed by atoms with Gasteiger partial charge >= 0.3 is 0 Å². The number of rotatable bonds is 1. The molecule has 1 amide bonds. The molecule has 2 heterocycles. The van der Waals surface area contributed by atoms with Crippen LogP contribution in [0.4, 0.5) is 0 Å². The second-order valence-corrected chi connectivity index (χ2v) is 6.17. The smallest absolute Gasteiger partial charge is 0.230 e. The van der Waals surface area contributed by atoms with Crippen LogP contribution in [0.25, 0.3) is 0 Å². The van der Waals surface area contributed by atoms with Crippen LogP contribution in [0.5, 0.6) is 0 Å². The van der Waals surface area contributed by atoms with E-state index in [9.17, 15) is 4.79 Å². The molecule has 1 aromatic carbocycles. The monoisotopic (exact) mass is 292 g/mol. The third kappa shape index (κ3) is 2.23. The van der Waals surface area contributed by atoms with Gasteiger partial charge in [0.1, 0.15) is 0 Å². The minimum Gasteiger partial charge on any atom is -0.341 e. The van der Waals surface area contributed by atoms with Gasteiger partial charge in [-0.2, -0.15) is 0 Å². The molecular formula is C16H21ClN2O. The van der Waals surface area contributed by atoms with E-state index in [2.05, 4.69) is 28.4 Å². The summed E-state index contributed by atoms with van der Waals surface area (Å²) >= 11 is 0. The van der Waals surface area contributed by atoms with E-state index in [0.717, 1.165) is 25.9 Å². The number of carbonyl (C=O) groups is 1. The third-order valence-electron chi connectivity index (χ3n) is 4.99. The Morgan fingerprint density at radius 3 is 2.80 bits per heavy atom. The minimum absolute atomic E-state index is 0. The van der Waals surface area contributed by atoms with Crippen molar-refractivity contribution in [3.05, 3.63) is 35.4 Å². The highest BCUT2D eigenvalue weighted by atomic mass is 35.5. The number of fused-ring (bicyclic) bond motifs is 3. The lowest BCUT2D eigenvalue weighted by Crippen LogP contribution is -2.43. The zero-order valence-corrected chi connectivity index (χ0v) is 12.4. The third-order valence-corrected chi connectivity index (χ3v) is 4.99. The van der Waals surface area contributed by atoms with E-state index in [4.69, 9.17) is 0 Å². The molecule has 2 fully saturated rings. The topological polar surface area (TPSA) is 32.3 Å². The van der Waals surface area contributed by atoms with Gasteiger partial charge in [-0.1, -0.05) is 24.3 Å². The van der Waals surface area contributed by atoms with E-state index >= 15 is 0 Å². The molecule has 4 heteroatoms. The highest BCUT2D eigenvalue weighted by molar-refractivity contribution is 5.87. The van der Waals surface area contributed by atoms with E-state index in [1.165, 1.54) is 24.0 Å². The average molecular weight is 293 g/mol. The Hall–Kier alpha value is -1.06. The normalized spacial score (nSPS) is 30.8. The molecule has 0 spiro atoms. The van der Waals surface area contributed by atoms with Gasteiger partial charge in [-0.05, 0) is 36.8 Å². The molecule has 3 nitrogen and oxygen atoms in total. The van der Waals surface area contributed by atoms with Gasteiger partial charge in [0.15, 0.2) is 0 Å². The molecule has 0 aromatic heterocycles. The van der Waals surface area contributed by atoms with Crippen molar-refractivity contribution in [2.45, 2.75) is 43.7 Å². The van der Waals surface area contributed by atoms with Crippen LogP contribution in [0.2, 0.25) is 0 Å². The van der Waals surface area contributed by atoms with Crippen LogP contribution >= 0.6 is 12.4 Å². The van der Waals surface area contributed by atoms with Crippen LogP contribution in [0.15, 0.2) is 24.3 Å². The lowest BCUT2D eigenvalue weighted by Gasteiger charge is -2.34. The molecule has 2 saturated heterocycles. The molecule has 1 aliphatic carbocycles. The van der Waals surface area contributed by atoms with Crippen LogP contribution in [-0.4, -0.2) is 36.0 Å². The van der Waals surface area contributed by atoms with E-state index in [-0.39, 0.29) is 18.3 Å². The van der Waals surface area contributed by atoms with Gasteiger partial charge in [0.25, 0.3) is 0 Å². The van der Waals surface area contributed by atoms with Crippen molar-refractivity contribution in [1.82, 2.24) is 10.2 Å². The number of likely N-dealkylation sites (tertiary alicyclic amines) is 1. The first-order chi connectivity index (χ1) is 9.31. The van der Waals surface area contributed by atoms with Crippen molar-refractivity contribution in [2.75, 3.05) is 13.1 Å². The van der Waals surface area contributed by atoms with Crippen LogP contribution in [0, 0.1) is 0 Å². The Kier molecular flexibility index (Phi) is 3.74. The van der Waals surface area contributed by atoms with Gasteiger partial charge in [0, 0.05) is 25.2 Å². The Bertz CT molecular complexity index is 519. The van der Waals surface area contributed by atoms with Crippen molar-refractivity contribution in [3.63, 3.8) is 0 Å². The minimum atomic E-state index is 0. The van der Waals surface area contributed by atoms with Gasteiger partial charge in [0.05, 0.1) is 5.92 Å². The van der Waals surface area contributed by atoms with E-state index < -0.39 is 0 Å². The molecule has 4 rings (SSSR count). The standard InChI is InChI=1S/C16H20N2O.ClH/c19-16(15-9-11-3-1-2-4-14(11)15)18-8-7-12-5-6-13(10-18)17-12;/h1-4,12-13,15,17H,5-10H2;1H. The first-order valence-electron chi connectivity index (χ1n) is 7.44. The predicted octanol–water partition coefficient (Wildman–Crippen LogP) is 2.10. The van der Waals surface area contributed by atoms with Crippen LogP contribution < -0.4 is 5.32 Å². The summed E-state index contributed by atoms with van der Waals surface area (Å²) in [4.78, 5) is 14.8. The largest absolute Gasteiger partial charge is 0.341 e. The summed E-state index contributed by atoms with van der Waals surface area (Å²) in [7, 11) is 0. The molecule has 1 N–H and O–H groups in total. The maximum absolute atomic E-state index is 12.7. The first-order valence-corrected chi connectivity index (χ1v) is 7.44. The zero-order chi connectivity index (χ0) is 12.8. The van der Waals surface area contributed by atoms with Crippen molar-refractivity contribution in [1.29, 1.82) is 0 Å². The number of hydrogen-bond donors (Lipinski definition) is 1. The summed E-state index contributed by atoms with van der Waals surface area (Å²) in [5.41, 5.74) is 2.62. The molecule has 3 aliphatic rings. The van der Waals surface area contributed by atoms with Gasteiger partial charge in [-0.15, -0.1) is 12.4 Å². The van der Waals surface area contributed by atoms with E-state index in [0.29, 0.717) is 18.0 Å². The fourth-order valence-electron chi connectivity index (χ4n) is 3.84. The van der Waals surface area contributed by atoms with Crippen molar-refractivity contribution < 1.29 is 4.79 Å². The number of amides is 1. The van der Waals surface area contributed by atoms with Crippen LogP contribution in [-0.2, 0) is 11.2 Å². The molecule has 1 aromatic rings. The summed E-state index contributed by atoms with van der Waals surface area (Å²) in [6.45, 7) is 1.85. The SMILES string of the molecule is Cl.O=C(C1Cc2ccccc21)N1CCC2CCC(C1)N2. The summed E-state index contributed by atoms with van der Waals surface area (Å²) < 4.78 is 0. The summed E-state index contributed by atoms with van der Waals surface area (Å²) in [5, 5.41) is 3.64. The highest BCUT2D eigenvalue weighted by Gasteiger charge is 2.37. The Morgan fingerprint density at radius 2 is 1.95 bits per heavy atom. The number of nitrogens with one attached hydrogen (secondary N) is 1. The molecule has 3 atom stereocenters. The summed E-state index contributed by atoms with van der Waals surface area (Å²) in [6, 6.07) is 9.55. The number of halogens is 1. The molecular weight excluding hydrogens is 272 g/mol. The second-order valence-electron chi connectivity index (χ2n) is 6.17. The van der Waals surface area contributed by atoms with Gasteiger partial charge in [0.2, 0.25) is 5.91 Å². The lowest BCUT2D eigenvalue weighted by molar-refractivity contribution is -0.133. The molecule has 2 aliphatic heterocycles. The zero-order valence-electron chi connectivity index (χ0n) is 11.5. The second kappa shape index (κ2) is 5.38. The molecule has 108 valence electrons. The van der Waals surface area contributed by atoms with Gasteiger partial charge in [-0.25, -0.2) is 0 Å². The molecule has 20 heavy (non-hydrogen) atoms. The van der Waals surface area contributed by atoms with Crippen LogP contribution in [0.3, 0.4) is 0 Å². The lowest BCUT2D eigenvalue weighted by atomic mass is 9.76. The molecule has 0 radical (unpaired) electrons. The maximum Gasteiger partial charge on any atom is 0.230 e. The fourth-order valence-corrected chi connectivity index (χ4v) is 3.84. The quantitative estimate of drug-likeness (QED) is 0.860. The van der Waals surface area contributed by atoms with E-state index in [1.54, 1.807) is 0 Å². The van der Waals surface area contributed by atoms with Gasteiger partial charge < -0.3 is 10.2 Å². The van der Waals surface area contributed by atoms with E-state index in [1.807, 2.05) is 6.07 Å². The first kappa shape index (κ1) is 13.9. The Balaban J connectivity index is 0.00000121. The van der Waals surface area contributed by atoms with Crippen molar-refractivity contribution >= 4 is 18.3 Å². The van der Waals surface area contributed by atoms with Crippen molar-refractivity contribution in [3.8, 4) is 0 Å². The number of nitrogens with zero attached hydrogens (tertiary/aromatic N) is 1. The van der Waals surface area contributed by atoms with Crippen molar-refractivity contribution in [2.24, 2.45) is 0 Å². The average Bonchev–Trinajstić information content (AvgIpc) is 2.70. The number of hydrogen-bond acceptors (Lipinski definition) is 2. The predicted molar refractivity (Wildman–Crippen MR) is 81.3 cm³/mol. The number of carbonyl (C=O) groups excluding carboxylic acids is 1. The Labute approximate surface area is 126 Å². The fraction of sp³-hybridized carbons (Fsp3) is 0.562. The Morgan fingerprint density at radius 1 is 1.15 bits per heavy atom. The maximum atomic E-state index is 12.7. The highest BCUT2D eigenvalue weighted by Crippen LogP contribution is 2.36. The molecule has 2 bridgehead atoms.